The van der Waals surface area contributed by atoms with E-state index >= 15 is 0 Å². The molecule has 3 heteroatoms. The zero-order chi connectivity index (χ0) is 11.5. The highest BCUT2D eigenvalue weighted by atomic mass is 16.5. The van der Waals surface area contributed by atoms with Gasteiger partial charge in [0.1, 0.15) is 0 Å². The summed E-state index contributed by atoms with van der Waals surface area (Å²) in [7, 11) is 1.69. The van der Waals surface area contributed by atoms with Crippen LogP contribution in [0.1, 0.15) is 18.2 Å². The summed E-state index contributed by atoms with van der Waals surface area (Å²) < 4.78 is 7.30. The Kier molecular flexibility index (Phi) is 2.95. The van der Waals surface area contributed by atoms with Gasteiger partial charge in [0.15, 0.2) is 0 Å². The molecular weight excluding hydrogens is 200 g/mol. The van der Waals surface area contributed by atoms with E-state index in [0.717, 1.165) is 23.7 Å². The molecule has 0 aliphatic heterocycles. The van der Waals surface area contributed by atoms with Crippen LogP contribution in [0, 0.1) is 6.92 Å². The van der Waals surface area contributed by atoms with E-state index in [1.165, 1.54) is 5.56 Å². The van der Waals surface area contributed by atoms with Crippen LogP contribution in [-0.4, -0.2) is 16.9 Å². The number of aromatic nitrogens is 2. The van der Waals surface area contributed by atoms with Crippen LogP contribution in [0.2, 0.25) is 0 Å². The largest absolute Gasteiger partial charge is 0.481 e. The summed E-state index contributed by atoms with van der Waals surface area (Å²) in [6, 6.07) is 10.0. The number of nitrogens with zero attached hydrogens (tertiary/aromatic N) is 2. The summed E-state index contributed by atoms with van der Waals surface area (Å²) in [5.41, 5.74) is 3.23. The molecule has 0 unspecified atom stereocenters. The third-order valence-electron chi connectivity index (χ3n) is 2.68. The first-order chi connectivity index (χ1) is 7.77. The Morgan fingerprint density at radius 1 is 1.25 bits per heavy atom. The molecule has 3 nitrogen and oxygen atoms in total. The number of rotatable bonds is 3. The molecule has 0 saturated carbocycles. The zero-order valence-electron chi connectivity index (χ0n) is 9.90. The minimum Gasteiger partial charge on any atom is -0.481 e. The summed E-state index contributed by atoms with van der Waals surface area (Å²) >= 11 is 0. The van der Waals surface area contributed by atoms with E-state index in [0.29, 0.717) is 0 Å². The van der Waals surface area contributed by atoms with Crippen molar-refractivity contribution < 1.29 is 4.74 Å². The molecule has 84 valence electrons. The summed E-state index contributed by atoms with van der Waals surface area (Å²) in [6.45, 7) is 4.13. The maximum Gasteiger partial charge on any atom is 0.219 e. The molecule has 0 radical (unpaired) electrons. The van der Waals surface area contributed by atoms with Gasteiger partial charge in [-0.05, 0) is 25.5 Å². The van der Waals surface area contributed by atoms with Crippen LogP contribution < -0.4 is 4.74 Å². The first kappa shape index (κ1) is 10.7. The van der Waals surface area contributed by atoms with Gasteiger partial charge in [-0.3, -0.25) is 0 Å². The molecule has 0 atom stereocenters. The van der Waals surface area contributed by atoms with Crippen LogP contribution in [0.15, 0.2) is 30.3 Å². The number of hydrogen-bond acceptors (Lipinski definition) is 2. The van der Waals surface area contributed by atoms with Gasteiger partial charge in [0.2, 0.25) is 5.88 Å². The fraction of sp³-hybridized carbons (Fsp3) is 0.308. The molecule has 0 aliphatic rings. The highest BCUT2D eigenvalue weighted by Gasteiger charge is 2.14. The maximum atomic E-state index is 5.44. The van der Waals surface area contributed by atoms with Crippen molar-refractivity contribution in [1.29, 1.82) is 0 Å². The van der Waals surface area contributed by atoms with Gasteiger partial charge >= 0.3 is 0 Å². The average Bonchev–Trinajstić information content (AvgIpc) is 2.66. The van der Waals surface area contributed by atoms with E-state index in [2.05, 4.69) is 12.0 Å². The van der Waals surface area contributed by atoms with Crippen LogP contribution in [-0.2, 0) is 6.42 Å². The molecule has 2 rings (SSSR count). The monoisotopic (exact) mass is 216 g/mol. The van der Waals surface area contributed by atoms with Crippen molar-refractivity contribution >= 4 is 0 Å². The Hall–Kier alpha value is -1.77. The van der Waals surface area contributed by atoms with Crippen LogP contribution in [0.5, 0.6) is 5.88 Å². The number of methoxy groups -OCH3 is 1. The molecule has 1 aromatic carbocycles. The van der Waals surface area contributed by atoms with Crippen LogP contribution in [0.25, 0.3) is 5.69 Å². The Morgan fingerprint density at radius 2 is 1.94 bits per heavy atom. The first-order valence-electron chi connectivity index (χ1n) is 5.45. The minimum absolute atomic E-state index is 0.839. The van der Waals surface area contributed by atoms with Gasteiger partial charge in [0.25, 0.3) is 0 Å². The van der Waals surface area contributed by atoms with E-state index in [-0.39, 0.29) is 0 Å². The molecule has 0 N–H and O–H groups in total. The number of benzene rings is 1. The maximum absolute atomic E-state index is 5.44. The zero-order valence-corrected chi connectivity index (χ0v) is 9.90. The molecule has 0 amide bonds. The molecule has 2 aromatic rings. The van der Waals surface area contributed by atoms with Crippen molar-refractivity contribution in [3.8, 4) is 11.6 Å². The quantitative estimate of drug-likeness (QED) is 0.788. The predicted molar refractivity (Wildman–Crippen MR) is 64.2 cm³/mol. The Morgan fingerprint density at radius 3 is 2.50 bits per heavy atom. The van der Waals surface area contributed by atoms with E-state index in [4.69, 9.17) is 4.74 Å². The normalized spacial score (nSPS) is 10.4. The molecule has 0 spiro atoms. The molecular formula is C13H16N2O. The van der Waals surface area contributed by atoms with Gasteiger partial charge in [0.05, 0.1) is 18.5 Å². The fourth-order valence-electron chi connectivity index (χ4n) is 1.90. The van der Waals surface area contributed by atoms with Gasteiger partial charge in [-0.1, -0.05) is 25.1 Å². The van der Waals surface area contributed by atoms with Gasteiger partial charge < -0.3 is 4.74 Å². The lowest BCUT2D eigenvalue weighted by atomic mass is 10.2. The van der Waals surface area contributed by atoms with E-state index in [1.54, 1.807) is 7.11 Å². The van der Waals surface area contributed by atoms with E-state index in [1.807, 2.05) is 41.9 Å². The summed E-state index contributed by atoms with van der Waals surface area (Å²) in [5.74, 6) is 0.839. The number of ether oxygens (including phenoxy) is 1. The lowest BCUT2D eigenvalue weighted by Crippen LogP contribution is -2.00. The van der Waals surface area contributed by atoms with Gasteiger partial charge in [0, 0.05) is 5.56 Å². The smallest absolute Gasteiger partial charge is 0.219 e. The number of aryl methyl sites for hydroxylation is 1. The second-order valence-corrected chi connectivity index (χ2v) is 3.67. The lowest BCUT2D eigenvalue weighted by molar-refractivity contribution is 0.379. The third-order valence-corrected chi connectivity index (χ3v) is 2.68. The standard InChI is InChI=1S/C13H16N2O/c1-4-12-10(2)14-15(13(12)16-3)11-8-6-5-7-9-11/h5-9H,4H2,1-3H3. The van der Waals surface area contributed by atoms with Crippen molar-refractivity contribution in [1.82, 2.24) is 9.78 Å². The SMILES string of the molecule is CCc1c(C)nn(-c2ccccc2)c1OC. The lowest BCUT2D eigenvalue weighted by Gasteiger charge is -2.06. The molecule has 16 heavy (non-hydrogen) atoms. The minimum atomic E-state index is 0.839. The van der Waals surface area contributed by atoms with Crippen LogP contribution in [0.3, 0.4) is 0 Å². The van der Waals surface area contributed by atoms with Crippen molar-refractivity contribution in [3.05, 3.63) is 41.6 Å². The van der Waals surface area contributed by atoms with Crippen LogP contribution >= 0.6 is 0 Å². The average molecular weight is 216 g/mol. The Bertz CT molecular complexity index is 474. The second-order valence-electron chi connectivity index (χ2n) is 3.67. The second kappa shape index (κ2) is 4.39. The van der Waals surface area contributed by atoms with Crippen molar-refractivity contribution in [3.63, 3.8) is 0 Å². The topological polar surface area (TPSA) is 27.1 Å². The van der Waals surface area contributed by atoms with Crippen molar-refractivity contribution in [2.45, 2.75) is 20.3 Å². The third kappa shape index (κ3) is 1.69. The van der Waals surface area contributed by atoms with Gasteiger partial charge in [-0.15, -0.1) is 0 Å². The first-order valence-corrected chi connectivity index (χ1v) is 5.45. The molecule has 1 aromatic heterocycles. The van der Waals surface area contributed by atoms with Gasteiger partial charge in [-0.25, -0.2) is 4.68 Å². The molecule has 1 heterocycles. The highest BCUT2D eigenvalue weighted by molar-refractivity contribution is 5.40. The van der Waals surface area contributed by atoms with Crippen LogP contribution in [0.4, 0.5) is 0 Å². The molecule has 0 aliphatic carbocycles. The Balaban J connectivity index is 2.57. The number of hydrogen-bond donors (Lipinski definition) is 0. The summed E-state index contributed by atoms with van der Waals surface area (Å²) in [6.07, 6.45) is 0.932. The number of para-hydroxylation sites is 1. The Labute approximate surface area is 95.7 Å². The van der Waals surface area contributed by atoms with E-state index < -0.39 is 0 Å². The fourth-order valence-corrected chi connectivity index (χ4v) is 1.90. The summed E-state index contributed by atoms with van der Waals surface area (Å²) in [4.78, 5) is 0. The van der Waals surface area contributed by atoms with Crippen molar-refractivity contribution in [2.24, 2.45) is 0 Å². The van der Waals surface area contributed by atoms with Gasteiger partial charge in [-0.2, -0.15) is 5.10 Å². The molecule has 0 fully saturated rings. The predicted octanol–water partition coefficient (Wildman–Crippen LogP) is 2.75. The summed E-state index contributed by atoms with van der Waals surface area (Å²) in [5, 5.41) is 4.51. The molecule has 0 bridgehead atoms. The highest BCUT2D eigenvalue weighted by Crippen LogP contribution is 2.25. The van der Waals surface area contributed by atoms with Crippen molar-refractivity contribution in [2.75, 3.05) is 7.11 Å². The molecule has 0 saturated heterocycles. The van der Waals surface area contributed by atoms with E-state index in [9.17, 15) is 0 Å².